The number of nitrogens with zero attached hydrogens (tertiary/aromatic N) is 4. The van der Waals surface area contributed by atoms with Crippen molar-refractivity contribution in [3.63, 3.8) is 0 Å². The standard InChI is InChI=1S/C13H19ClN4O2S/c1-9-11-12(17(3)16-9)18(10(15-11)4-6-14)13(2)5-7-21(19,20)8-13/h4-8H2,1-3H3. The molecule has 3 heterocycles. The lowest BCUT2D eigenvalue weighted by atomic mass is 10.0. The predicted octanol–water partition coefficient (Wildman–Crippen LogP) is 1.39. The number of imidazole rings is 1. The Hall–Kier alpha value is -1.08. The molecule has 6 nitrogen and oxygen atoms in total. The quantitative estimate of drug-likeness (QED) is 0.797. The van der Waals surface area contributed by atoms with E-state index in [1.54, 1.807) is 4.68 Å². The topological polar surface area (TPSA) is 69.8 Å². The fraction of sp³-hybridized carbons (Fsp3) is 0.692. The molecule has 0 saturated carbocycles. The molecule has 1 atom stereocenters. The number of aryl methyl sites for hydroxylation is 3. The van der Waals surface area contributed by atoms with E-state index in [0.717, 1.165) is 22.7 Å². The molecule has 116 valence electrons. The van der Waals surface area contributed by atoms with Gasteiger partial charge in [-0.25, -0.2) is 13.4 Å². The average molecular weight is 331 g/mol. The van der Waals surface area contributed by atoms with Crippen LogP contribution in [-0.4, -0.2) is 45.1 Å². The summed E-state index contributed by atoms with van der Waals surface area (Å²) in [6, 6.07) is 0. The van der Waals surface area contributed by atoms with Crippen LogP contribution in [0.1, 0.15) is 24.9 Å². The van der Waals surface area contributed by atoms with E-state index >= 15 is 0 Å². The van der Waals surface area contributed by atoms with Crippen LogP contribution in [-0.2, 0) is 28.8 Å². The first-order valence-electron chi connectivity index (χ1n) is 6.95. The van der Waals surface area contributed by atoms with Crippen molar-refractivity contribution in [2.24, 2.45) is 7.05 Å². The van der Waals surface area contributed by atoms with Gasteiger partial charge < -0.3 is 4.57 Å². The highest BCUT2D eigenvalue weighted by Gasteiger charge is 2.42. The summed E-state index contributed by atoms with van der Waals surface area (Å²) in [5.74, 6) is 1.67. The zero-order chi connectivity index (χ0) is 15.4. The van der Waals surface area contributed by atoms with Gasteiger partial charge in [0.05, 0.1) is 22.7 Å². The van der Waals surface area contributed by atoms with Crippen LogP contribution < -0.4 is 0 Å². The number of fused-ring (bicyclic) bond motifs is 1. The van der Waals surface area contributed by atoms with Gasteiger partial charge in [-0.2, -0.15) is 5.10 Å². The molecule has 0 aliphatic carbocycles. The normalized spacial score (nSPS) is 25.0. The van der Waals surface area contributed by atoms with Crippen molar-refractivity contribution in [2.45, 2.75) is 32.2 Å². The maximum atomic E-state index is 12.0. The third-order valence-electron chi connectivity index (χ3n) is 4.21. The minimum atomic E-state index is -3.00. The summed E-state index contributed by atoms with van der Waals surface area (Å²) >= 11 is 5.90. The van der Waals surface area contributed by atoms with E-state index in [2.05, 4.69) is 14.6 Å². The number of hydrogen-bond donors (Lipinski definition) is 0. The molecule has 1 fully saturated rings. The molecule has 8 heteroatoms. The lowest BCUT2D eigenvalue weighted by Gasteiger charge is -2.27. The second-order valence-electron chi connectivity index (χ2n) is 6.02. The van der Waals surface area contributed by atoms with E-state index in [1.807, 2.05) is 20.9 Å². The lowest BCUT2D eigenvalue weighted by Crippen LogP contribution is -2.33. The highest BCUT2D eigenvalue weighted by molar-refractivity contribution is 7.91. The molecule has 21 heavy (non-hydrogen) atoms. The fourth-order valence-electron chi connectivity index (χ4n) is 3.31. The van der Waals surface area contributed by atoms with Crippen LogP contribution in [0.4, 0.5) is 0 Å². The maximum absolute atomic E-state index is 12.0. The van der Waals surface area contributed by atoms with Gasteiger partial charge in [-0.3, -0.25) is 4.68 Å². The Bertz CT molecular complexity index is 808. The van der Waals surface area contributed by atoms with E-state index in [-0.39, 0.29) is 11.5 Å². The zero-order valence-corrected chi connectivity index (χ0v) is 14.0. The lowest BCUT2D eigenvalue weighted by molar-refractivity contribution is 0.359. The smallest absolute Gasteiger partial charge is 0.159 e. The van der Waals surface area contributed by atoms with E-state index in [0.29, 0.717) is 18.7 Å². The minimum Gasteiger partial charge on any atom is -0.306 e. The van der Waals surface area contributed by atoms with Crippen LogP contribution in [0.2, 0.25) is 0 Å². The van der Waals surface area contributed by atoms with Gasteiger partial charge in [-0.1, -0.05) is 0 Å². The Labute approximate surface area is 129 Å². The number of alkyl halides is 1. The van der Waals surface area contributed by atoms with Gasteiger partial charge in [-0.15, -0.1) is 11.6 Å². The molecule has 0 bridgehead atoms. The second kappa shape index (κ2) is 4.71. The molecule has 1 aliphatic rings. The molecule has 3 rings (SSSR count). The SMILES string of the molecule is Cc1nn(C)c2c1nc(CCCl)n2C1(C)CCS(=O)(=O)C1. The van der Waals surface area contributed by atoms with Crippen molar-refractivity contribution in [3.8, 4) is 0 Å². The van der Waals surface area contributed by atoms with Gasteiger partial charge in [0.15, 0.2) is 15.5 Å². The van der Waals surface area contributed by atoms with Crippen molar-refractivity contribution in [2.75, 3.05) is 17.4 Å². The number of halogens is 1. The Kier molecular flexibility index (Phi) is 3.33. The third kappa shape index (κ3) is 2.26. The fourth-order valence-corrected chi connectivity index (χ4v) is 5.59. The summed E-state index contributed by atoms with van der Waals surface area (Å²) < 4.78 is 27.7. The first kappa shape index (κ1) is 14.8. The molecular weight excluding hydrogens is 312 g/mol. The predicted molar refractivity (Wildman–Crippen MR) is 82.6 cm³/mol. The summed E-state index contributed by atoms with van der Waals surface area (Å²) in [7, 11) is -1.13. The molecule has 1 aliphatic heterocycles. The van der Waals surface area contributed by atoms with Crippen LogP contribution >= 0.6 is 11.6 Å². The number of sulfone groups is 1. The van der Waals surface area contributed by atoms with Gasteiger partial charge in [0.2, 0.25) is 0 Å². The Balaban J connectivity index is 2.27. The molecule has 2 aromatic rings. The number of hydrogen-bond acceptors (Lipinski definition) is 4. The van der Waals surface area contributed by atoms with Gasteiger partial charge in [0.1, 0.15) is 11.3 Å². The van der Waals surface area contributed by atoms with E-state index in [4.69, 9.17) is 11.6 Å². The highest BCUT2D eigenvalue weighted by Crippen LogP contribution is 2.35. The molecule has 0 radical (unpaired) electrons. The monoisotopic (exact) mass is 330 g/mol. The van der Waals surface area contributed by atoms with Crippen LogP contribution in [0.3, 0.4) is 0 Å². The summed E-state index contributed by atoms with van der Waals surface area (Å²) in [4.78, 5) is 4.66. The maximum Gasteiger partial charge on any atom is 0.159 e. The molecular formula is C13H19ClN4O2S. The number of aromatic nitrogens is 4. The first-order valence-corrected chi connectivity index (χ1v) is 9.31. The van der Waals surface area contributed by atoms with E-state index in [1.165, 1.54) is 0 Å². The molecule has 0 amide bonds. The second-order valence-corrected chi connectivity index (χ2v) is 8.58. The molecule has 0 spiro atoms. The van der Waals surface area contributed by atoms with Gasteiger partial charge in [0, 0.05) is 19.3 Å². The van der Waals surface area contributed by atoms with E-state index < -0.39 is 15.4 Å². The minimum absolute atomic E-state index is 0.144. The van der Waals surface area contributed by atoms with Crippen molar-refractivity contribution >= 4 is 32.6 Å². The van der Waals surface area contributed by atoms with Crippen molar-refractivity contribution in [1.82, 2.24) is 19.3 Å². The van der Waals surface area contributed by atoms with Crippen LogP contribution in [0.5, 0.6) is 0 Å². The summed E-state index contributed by atoms with van der Waals surface area (Å²) in [6.45, 7) is 3.90. The van der Waals surface area contributed by atoms with E-state index in [9.17, 15) is 8.42 Å². The van der Waals surface area contributed by atoms with Crippen molar-refractivity contribution in [3.05, 3.63) is 11.5 Å². The van der Waals surface area contributed by atoms with Gasteiger partial charge in [0.25, 0.3) is 0 Å². The van der Waals surface area contributed by atoms with Crippen LogP contribution in [0, 0.1) is 6.92 Å². The summed E-state index contributed by atoms with van der Waals surface area (Å²) in [5.41, 5.74) is 2.09. The molecule has 0 N–H and O–H groups in total. The van der Waals surface area contributed by atoms with Gasteiger partial charge >= 0.3 is 0 Å². The molecule has 1 saturated heterocycles. The Morgan fingerprint density at radius 3 is 2.71 bits per heavy atom. The molecule has 2 aromatic heterocycles. The molecule has 0 aromatic carbocycles. The van der Waals surface area contributed by atoms with Crippen LogP contribution in [0.15, 0.2) is 0 Å². The molecule has 1 unspecified atom stereocenters. The largest absolute Gasteiger partial charge is 0.306 e. The Morgan fingerprint density at radius 1 is 1.43 bits per heavy atom. The van der Waals surface area contributed by atoms with Crippen molar-refractivity contribution in [1.29, 1.82) is 0 Å². The third-order valence-corrected chi connectivity index (χ3v) is 6.29. The van der Waals surface area contributed by atoms with Crippen LogP contribution in [0.25, 0.3) is 11.2 Å². The van der Waals surface area contributed by atoms with Gasteiger partial charge in [-0.05, 0) is 20.3 Å². The summed E-state index contributed by atoms with van der Waals surface area (Å²) in [5, 5.41) is 4.40. The number of rotatable bonds is 3. The first-order chi connectivity index (χ1) is 9.77. The highest BCUT2D eigenvalue weighted by atomic mass is 35.5. The van der Waals surface area contributed by atoms with Crippen molar-refractivity contribution < 1.29 is 8.42 Å². The average Bonchev–Trinajstić information content (AvgIpc) is 2.96. The Morgan fingerprint density at radius 2 is 2.14 bits per heavy atom. The zero-order valence-electron chi connectivity index (χ0n) is 12.4. The summed E-state index contributed by atoms with van der Waals surface area (Å²) in [6.07, 6.45) is 1.21.